The summed E-state index contributed by atoms with van der Waals surface area (Å²) in [7, 11) is -5.37. The average Bonchev–Trinajstić information content (AvgIpc) is 3.32. The summed E-state index contributed by atoms with van der Waals surface area (Å²) in [6.45, 7) is 2.22. The maximum atomic E-state index is 13.4. The van der Waals surface area contributed by atoms with Crippen LogP contribution in [0.2, 0.25) is 0 Å². The summed E-state index contributed by atoms with van der Waals surface area (Å²) >= 11 is 0. The predicted molar refractivity (Wildman–Crippen MR) is 254 cm³/mol. The van der Waals surface area contributed by atoms with Crippen molar-refractivity contribution in [3.63, 3.8) is 0 Å². The Hall–Kier alpha value is -1.61. The highest BCUT2D eigenvalue weighted by atomic mass is 31.2. The van der Waals surface area contributed by atoms with E-state index >= 15 is 0 Å². The van der Waals surface area contributed by atoms with Crippen LogP contribution in [0.1, 0.15) is 194 Å². The quantitative estimate of drug-likeness (QED) is 0.0145. The molecule has 68 heavy (non-hydrogen) atoms. The average molecular weight is 999 g/mol. The van der Waals surface area contributed by atoms with E-state index in [-0.39, 0.29) is 12.8 Å². The monoisotopic (exact) mass is 999 g/mol. The lowest BCUT2D eigenvalue weighted by Gasteiger charge is -2.47. The Morgan fingerprint density at radius 2 is 0.971 bits per heavy atom. The van der Waals surface area contributed by atoms with Gasteiger partial charge in [-0.2, -0.15) is 0 Å². The Bertz CT molecular complexity index is 1370. The summed E-state index contributed by atoms with van der Waals surface area (Å²) in [5.41, 5.74) is 0. The molecule has 0 amide bonds. The molecule has 1 heterocycles. The van der Waals surface area contributed by atoms with Gasteiger partial charge >= 0.3 is 19.8 Å². The zero-order valence-electron chi connectivity index (χ0n) is 41.1. The maximum absolute atomic E-state index is 13.4. The second kappa shape index (κ2) is 37.2. The van der Waals surface area contributed by atoms with Crippen molar-refractivity contribution in [2.45, 2.75) is 267 Å². The van der Waals surface area contributed by atoms with Crippen molar-refractivity contribution in [2.24, 2.45) is 0 Å². The predicted octanol–water partition coefficient (Wildman–Crippen LogP) is 6.10. The first-order valence-corrected chi connectivity index (χ1v) is 27.5. The van der Waals surface area contributed by atoms with Crippen LogP contribution in [0.15, 0.2) is 12.2 Å². The van der Waals surface area contributed by atoms with E-state index in [1.807, 2.05) is 0 Å². The van der Waals surface area contributed by atoms with Gasteiger partial charge in [-0.25, -0.2) is 4.57 Å². The Morgan fingerprint density at radius 3 is 1.46 bits per heavy atom. The summed E-state index contributed by atoms with van der Waals surface area (Å²) in [6.07, 6.45) is 10.1. The molecule has 1 aliphatic heterocycles. The topological polar surface area (TPSA) is 289 Å². The van der Waals surface area contributed by atoms with Gasteiger partial charge < -0.3 is 64.7 Å². The summed E-state index contributed by atoms with van der Waals surface area (Å²) < 4.78 is 45.5. The Balaban J connectivity index is 1.94. The first-order valence-electron chi connectivity index (χ1n) is 26.0. The van der Waals surface area contributed by atoms with E-state index < -0.39 is 113 Å². The number of ether oxygens (including phenoxy) is 4. The van der Waals surface area contributed by atoms with E-state index in [0.717, 1.165) is 64.2 Å². The second-order valence-corrected chi connectivity index (χ2v) is 20.1. The van der Waals surface area contributed by atoms with Crippen molar-refractivity contribution >= 4 is 19.8 Å². The molecule has 6 unspecified atom stereocenters. The number of phosphoric acid groups is 1. The van der Waals surface area contributed by atoms with E-state index in [1.165, 1.54) is 89.9 Å². The number of carbonyl (C=O) groups excluding carboxylic acids is 2. The van der Waals surface area contributed by atoms with Crippen LogP contribution in [0.5, 0.6) is 0 Å². The second-order valence-electron chi connectivity index (χ2n) is 18.7. The number of phosphoric ester groups is 1. The first-order chi connectivity index (χ1) is 32.7. The van der Waals surface area contributed by atoms with Gasteiger partial charge in [0.1, 0.15) is 67.6 Å². The molecule has 0 aromatic carbocycles. The molecule has 9 N–H and O–H groups in total. The van der Waals surface area contributed by atoms with Crippen LogP contribution in [0.4, 0.5) is 0 Å². The smallest absolute Gasteiger partial charge is 0.462 e. The number of aliphatic hydroxyl groups is 8. The molecule has 0 bridgehead atoms. The van der Waals surface area contributed by atoms with E-state index in [0.29, 0.717) is 12.8 Å². The summed E-state index contributed by atoms with van der Waals surface area (Å²) in [6, 6.07) is 0. The lowest BCUT2D eigenvalue weighted by atomic mass is 9.84. The van der Waals surface area contributed by atoms with Crippen molar-refractivity contribution < 1.29 is 87.9 Å². The summed E-state index contributed by atoms with van der Waals surface area (Å²) in [4.78, 5) is 36.5. The zero-order valence-corrected chi connectivity index (χ0v) is 42.0. The van der Waals surface area contributed by atoms with Crippen LogP contribution < -0.4 is 0 Å². The van der Waals surface area contributed by atoms with E-state index in [9.17, 15) is 59.9 Å². The molecule has 400 valence electrons. The Morgan fingerprint density at radius 1 is 0.544 bits per heavy atom. The molecule has 2 aliphatic rings. The lowest BCUT2D eigenvalue weighted by Crippen LogP contribution is -2.67. The van der Waals surface area contributed by atoms with Crippen LogP contribution >= 0.6 is 7.82 Å². The number of hydrogen-bond acceptors (Lipinski definition) is 17. The maximum Gasteiger partial charge on any atom is 0.472 e. The molecule has 1 aliphatic carbocycles. The molecule has 2 rings (SSSR count). The molecule has 18 nitrogen and oxygen atoms in total. The molecule has 2 fully saturated rings. The number of aliphatic hydroxyl groups excluding tert-OH is 8. The molecule has 0 aromatic rings. The minimum absolute atomic E-state index is 0.0355. The minimum Gasteiger partial charge on any atom is -0.462 e. The van der Waals surface area contributed by atoms with Gasteiger partial charge in [-0.3, -0.25) is 18.6 Å². The largest absolute Gasteiger partial charge is 0.472 e. The molecule has 1 saturated carbocycles. The molecule has 1 saturated heterocycles. The van der Waals surface area contributed by atoms with Gasteiger partial charge in [0, 0.05) is 12.8 Å². The van der Waals surface area contributed by atoms with Crippen molar-refractivity contribution in [1.29, 1.82) is 0 Å². The van der Waals surface area contributed by atoms with Gasteiger partial charge in [-0.1, -0.05) is 154 Å². The van der Waals surface area contributed by atoms with Crippen LogP contribution in [0, 0.1) is 0 Å². The number of esters is 2. The van der Waals surface area contributed by atoms with Crippen LogP contribution in [-0.2, 0) is 42.1 Å². The summed E-state index contributed by atoms with van der Waals surface area (Å²) in [5.74, 6) is -1.22. The van der Waals surface area contributed by atoms with E-state index in [4.69, 9.17) is 28.0 Å². The number of unbranched alkanes of at least 4 members (excludes halogenated alkanes) is 23. The van der Waals surface area contributed by atoms with Gasteiger partial charge in [0.05, 0.1) is 13.2 Å². The third-order valence-corrected chi connectivity index (χ3v) is 13.7. The van der Waals surface area contributed by atoms with Gasteiger partial charge in [-0.05, 0) is 38.5 Å². The third-order valence-electron chi connectivity index (χ3n) is 12.7. The molecule has 0 aromatic heterocycles. The van der Waals surface area contributed by atoms with Crippen LogP contribution in [-0.4, -0.2) is 151 Å². The fourth-order valence-corrected chi connectivity index (χ4v) is 9.37. The van der Waals surface area contributed by atoms with Gasteiger partial charge in [0.2, 0.25) is 0 Å². The molecule has 0 spiro atoms. The first kappa shape index (κ1) is 62.5. The highest BCUT2D eigenvalue weighted by Gasteiger charge is 2.55. The van der Waals surface area contributed by atoms with Gasteiger partial charge in [-0.15, -0.1) is 0 Å². The SMILES string of the molecule is CCCCCCCC/C=C\CCCCCCCC(=O)OC[C@H](COP(=O)(O)O[C@@H]1C(O)C(O)[C@@H](O)C(O)[C@H]1O[C@H]1OC(CO)[C@@H](O)C(O)[C@H]1O)OC(=O)CCCCCCCCCCCCCCC. The Labute approximate surface area is 405 Å². The normalized spacial score (nSPS) is 27.8. The molecular formula is C49H91O18P. The third kappa shape index (κ3) is 25.7. The number of hydrogen-bond donors (Lipinski definition) is 9. The van der Waals surface area contributed by atoms with Crippen molar-refractivity contribution in [3.8, 4) is 0 Å². The summed E-state index contributed by atoms with van der Waals surface area (Å²) in [5, 5.41) is 82.9. The van der Waals surface area contributed by atoms with Crippen molar-refractivity contribution in [2.75, 3.05) is 19.8 Å². The van der Waals surface area contributed by atoms with Crippen molar-refractivity contribution in [3.05, 3.63) is 12.2 Å². The van der Waals surface area contributed by atoms with E-state index in [1.54, 1.807) is 0 Å². The highest BCUT2D eigenvalue weighted by molar-refractivity contribution is 7.47. The van der Waals surface area contributed by atoms with Crippen LogP contribution in [0.25, 0.3) is 0 Å². The number of rotatable bonds is 40. The van der Waals surface area contributed by atoms with Gasteiger partial charge in [0.25, 0.3) is 0 Å². The zero-order chi connectivity index (χ0) is 50.2. The fraction of sp³-hybridized carbons (Fsp3) is 0.918. The minimum atomic E-state index is -5.37. The molecule has 19 heteroatoms. The molecule has 13 atom stereocenters. The van der Waals surface area contributed by atoms with Crippen LogP contribution in [0.3, 0.4) is 0 Å². The standard InChI is InChI=1S/C49H91O18P/c1-3-5-7-9-11-13-15-17-18-20-21-23-25-27-29-31-38(51)62-34-36(64-39(52)32-30-28-26-24-22-19-16-14-12-10-8-6-4-2)35-63-68(60,61)67-48-45(58)43(56)42(55)44(57)47(48)66-49-46(59)41(54)40(53)37(33-50)65-49/h17-18,36-37,40-50,53-59H,3-16,19-35H2,1-2H3,(H,60,61)/b18-17-/t36-,37?,40-,41?,42-,43?,44?,45?,46-,47-,48-,49-/m1/s1. The van der Waals surface area contributed by atoms with Gasteiger partial charge in [0.15, 0.2) is 12.4 Å². The lowest BCUT2D eigenvalue weighted by molar-refractivity contribution is -0.338. The highest BCUT2D eigenvalue weighted by Crippen LogP contribution is 2.48. The molecular weight excluding hydrogens is 907 g/mol. The van der Waals surface area contributed by atoms with E-state index in [2.05, 4.69) is 26.0 Å². The number of carbonyl (C=O) groups is 2. The fourth-order valence-electron chi connectivity index (χ4n) is 8.40. The Kier molecular flexibility index (Phi) is 34.2. The van der Waals surface area contributed by atoms with Crippen molar-refractivity contribution in [1.82, 2.24) is 0 Å². The molecule has 0 radical (unpaired) electrons. The number of allylic oxidation sites excluding steroid dienone is 2.